The number of esters is 1. The third kappa shape index (κ3) is 5.93. The van der Waals surface area contributed by atoms with Gasteiger partial charge in [-0.05, 0) is 63.7 Å². The maximum atomic E-state index is 12.8. The van der Waals surface area contributed by atoms with Crippen LogP contribution in [0.3, 0.4) is 0 Å². The second-order valence-corrected chi connectivity index (χ2v) is 10.6. The van der Waals surface area contributed by atoms with Crippen molar-refractivity contribution in [3.63, 3.8) is 0 Å². The average Bonchev–Trinajstić information content (AvgIpc) is 2.90. The van der Waals surface area contributed by atoms with Crippen molar-refractivity contribution in [2.45, 2.75) is 31.4 Å². The van der Waals surface area contributed by atoms with E-state index in [0.29, 0.717) is 6.61 Å². The highest BCUT2D eigenvalue weighted by molar-refractivity contribution is 7.89. The Morgan fingerprint density at radius 1 is 0.833 bits per heavy atom. The van der Waals surface area contributed by atoms with E-state index in [-0.39, 0.29) is 10.8 Å². The fourth-order valence-electron chi connectivity index (χ4n) is 3.88. The molecule has 6 nitrogen and oxygen atoms in total. The lowest BCUT2D eigenvalue weighted by atomic mass is 10.1. The predicted molar refractivity (Wildman–Crippen MR) is 141 cm³/mol. The fourth-order valence-corrected chi connectivity index (χ4v) is 5.22. The van der Waals surface area contributed by atoms with Crippen LogP contribution in [0.5, 0.6) is 5.75 Å². The van der Waals surface area contributed by atoms with E-state index in [1.165, 1.54) is 30.0 Å². The molecule has 0 saturated heterocycles. The molecule has 7 heteroatoms. The lowest BCUT2D eigenvalue weighted by molar-refractivity contribution is -0.143. The van der Waals surface area contributed by atoms with Crippen LogP contribution < -0.4 is 9.46 Å². The quantitative estimate of drug-likeness (QED) is 0.302. The highest BCUT2D eigenvalue weighted by Crippen LogP contribution is 2.25. The number of hydrogen-bond donors (Lipinski definition) is 1. The van der Waals surface area contributed by atoms with Crippen LogP contribution in [0.15, 0.2) is 95.9 Å². The van der Waals surface area contributed by atoms with Gasteiger partial charge in [0.25, 0.3) is 0 Å². The van der Waals surface area contributed by atoms with E-state index in [1.807, 2.05) is 36.4 Å². The number of carbonyl (C=O) groups is 1. The molecule has 4 aromatic carbocycles. The Balaban J connectivity index is 1.41. The van der Waals surface area contributed by atoms with Crippen LogP contribution in [0, 0.1) is 5.92 Å². The summed E-state index contributed by atoms with van der Waals surface area (Å²) in [4.78, 5) is 12.0. The van der Waals surface area contributed by atoms with Crippen molar-refractivity contribution < 1.29 is 22.7 Å². The molecule has 1 atom stereocenters. The monoisotopic (exact) mass is 503 g/mol. The Hall–Kier alpha value is -3.68. The molecule has 186 valence electrons. The summed E-state index contributed by atoms with van der Waals surface area (Å²) in [6.45, 7) is 3.97. The molecule has 0 saturated carbocycles. The summed E-state index contributed by atoms with van der Waals surface area (Å²) in [6, 6.07) is 27.7. The number of hydrogen-bond acceptors (Lipinski definition) is 5. The van der Waals surface area contributed by atoms with Crippen molar-refractivity contribution in [1.82, 2.24) is 4.72 Å². The van der Waals surface area contributed by atoms with E-state index in [0.717, 1.165) is 22.4 Å². The van der Waals surface area contributed by atoms with E-state index >= 15 is 0 Å². The number of methoxy groups -OCH3 is 1. The summed E-state index contributed by atoms with van der Waals surface area (Å²) >= 11 is 0. The highest BCUT2D eigenvalue weighted by Gasteiger charge is 2.29. The lowest BCUT2D eigenvalue weighted by Gasteiger charge is -2.19. The van der Waals surface area contributed by atoms with E-state index < -0.39 is 22.0 Å². The number of ether oxygens (including phenoxy) is 2. The van der Waals surface area contributed by atoms with Gasteiger partial charge in [-0.2, -0.15) is 4.72 Å². The molecule has 0 amide bonds. The first-order valence-electron chi connectivity index (χ1n) is 11.7. The number of benzene rings is 4. The molecular weight excluding hydrogens is 474 g/mol. The SMILES string of the molecule is COC(=O)C(NS(=O)(=O)c1ccc(-c2ccc(OCc3ccc4ccccc4c3)cc2)cc1)C(C)C. The zero-order chi connectivity index (χ0) is 25.7. The molecule has 0 aliphatic carbocycles. The minimum atomic E-state index is -3.88. The van der Waals surface area contributed by atoms with Crippen LogP contribution in [0.2, 0.25) is 0 Å². The van der Waals surface area contributed by atoms with Gasteiger partial charge in [0.2, 0.25) is 10.0 Å². The van der Waals surface area contributed by atoms with Crippen LogP contribution in [0.1, 0.15) is 19.4 Å². The Kier molecular flexibility index (Phi) is 7.72. The van der Waals surface area contributed by atoms with Crippen molar-refractivity contribution in [2.75, 3.05) is 7.11 Å². The molecule has 0 heterocycles. The zero-order valence-corrected chi connectivity index (χ0v) is 21.3. The molecule has 0 radical (unpaired) electrons. The largest absolute Gasteiger partial charge is 0.489 e. The Labute approximate surface area is 211 Å². The first-order chi connectivity index (χ1) is 17.3. The standard InChI is InChI=1S/C29H29NO5S/c1-20(2)28(29(31)34-3)30-36(32,33)27-16-12-24(13-17-27)23-10-14-26(15-11-23)35-19-21-8-9-22-6-4-5-7-25(22)18-21/h4-18,20,28,30H,19H2,1-3H3. The topological polar surface area (TPSA) is 81.7 Å². The van der Waals surface area contributed by atoms with Crippen molar-refractivity contribution in [3.8, 4) is 16.9 Å². The van der Waals surface area contributed by atoms with Crippen molar-refractivity contribution in [1.29, 1.82) is 0 Å². The maximum Gasteiger partial charge on any atom is 0.324 e. The van der Waals surface area contributed by atoms with Gasteiger partial charge in [0.15, 0.2) is 0 Å². The number of fused-ring (bicyclic) bond motifs is 1. The molecule has 0 bridgehead atoms. The summed E-state index contributed by atoms with van der Waals surface area (Å²) in [7, 11) is -2.65. The van der Waals surface area contributed by atoms with Crippen molar-refractivity contribution >= 4 is 26.8 Å². The van der Waals surface area contributed by atoms with Crippen LogP contribution in [0.25, 0.3) is 21.9 Å². The van der Waals surface area contributed by atoms with Crippen LogP contribution in [-0.2, 0) is 26.2 Å². The van der Waals surface area contributed by atoms with Gasteiger partial charge >= 0.3 is 5.97 Å². The first kappa shape index (κ1) is 25.4. The van der Waals surface area contributed by atoms with Gasteiger partial charge in [-0.25, -0.2) is 8.42 Å². The van der Waals surface area contributed by atoms with Gasteiger partial charge < -0.3 is 9.47 Å². The van der Waals surface area contributed by atoms with Crippen LogP contribution in [0.4, 0.5) is 0 Å². The van der Waals surface area contributed by atoms with E-state index in [9.17, 15) is 13.2 Å². The number of sulfonamides is 1. The number of carbonyl (C=O) groups excluding carboxylic acids is 1. The number of rotatable bonds is 9. The first-order valence-corrected chi connectivity index (χ1v) is 13.2. The average molecular weight is 504 g/mol. The van der Waals surface area contributed by atoms with E-state index in [4.69, 9.17) is 9.47 Å². The molecule has 0 spiro atoms. The summed E-state index contributed by atoms with van der Waals surface area (Å²) in [5.74, 6) is -0.126. The molecule has 1 unspecified atom stereocenters. The molecule has 4 aromatic rings. The van der Waals surface area contributed by atoms with Gasteiger partial charge in [0.05, 0.1) is 12.0 Å². The van der Waals surface area contributed by atoms with Gasteiger partial charge in [-0.15, -0.1) is 0 Å². The molecular formula is C29H29NO5S. The summed E-state index contributed by atoms with van der Waals surface area (Å²) < 4.78 is 38.7. The third-order valence-corrected chi connectivity index (χ3v) is 7.43. The van der Waals surface area contributed by atoms with E-state index in [2.05, 4.69) is 35.1 Å². The Morgan fingerprint density at radius 3 is 2.06 bits per heavy atom. The summed E-state index contributed by atoms with van der Waals surface area (Å²) in [5, 5.41) is 2.38. The maximum absolute atomic E-state index is 12.8. The van der Waals surface area contributed by atoms with Gasteiger partial charge in [0.1, 0.15) is 18.4 Å². The minimum Gasteiger partial charge on any atom is -0.489 e. The molecule has 0 fully saturated rings. The summed E-state index contributed by atoms with van der Waals surface area (Å²) in [6.07, 6.45) is 0. The fraction of sp³-hybridized carbons (Fsp3) is 0.207. The molecule has 0 aliphatic rings. The van der Waals surface area contributed by atoms with Gasteiger partial charge in [0, 0.05) is 0 Å². The molecule has 36 heavy (non-hydrogen) atoms. The summed E-state index contributed by atoms with van der Waals surface area (Å²) in [5.41, 5.74) is 2.89. The van der Waals surface area contributed by atoms with Crippen LogP contribution in [-0.4, -0.2) is 27.5 Å². The minimum absolute atomic E-state index is 0.0798. The van der Waals surface area contributed by atoms with Gasteiger partial charge in [-0.3, -0.25) is 4.79 Å². The Morgan fingerprint density at radius 2 is 1.44 bits per heavy atom. The van der Waals surface area contributed by atoms with E-state index in [1.54, 1.807) is 26.0 Å². The van der Waals surface area contributed by atoms with Crippen LogP contribution >= 0.6 is 0 Å². The highest BCUT2D eigenvalue weighted by atomic mass is 32.2. The lowest BCUT2D eigenvalue weighted by Crippen LogP contribution is -2.44. The molecule has 4 rings (SSSR count). The zero-order valence-electron chi connectivity index (χ0n) is 20.5. The van der Waals surface area contributed by atoms with Crippen molar-refractivity contribution in [2.24, 2.45) is 5.92 Å². The second-order valence-electron chi connectivity index (χ2n) is 8.89. The third-order valence-electron chi connectivity index (χ3n) is 5.98. The van der Waals surface area contributed by atoms with Gasteiger partial charge in [-0.1, -0.05) is 74.5 Å². The second kappa shape index (κ2) is 10.9. The Bertz CT molecular complexity index is 1450. The van der Waals surface area contributed by atoms with Crippen molar-refractivity contribution in [3.05, 3.63) is 96.6 Å². The predicted octanol–water partition coefficient (Wildman–Crippen LogP) is 5.56. The number of nitrogens with one attached hydrogen (secondary N) is 1. The smallest absolute Gasteiger partial charge is 0.324 e. The molecule has 1 N–H and O–H groups in total. The molecule has 0 aliphatic heterocycles. The molecule has 0 aromatic heterocycles. The normalized spacial score (nSPS) is 12.4.